The molecule has 4 heteroatoms. The summed E-state index contributed by atoms with van der Waals surface area (Å²) in [6.07, 6.45) is 1.45. The second-order valence-corrected chi connectivity index (χ2v) is 3.54. The molecule has 80 valence electrons. The predicted octanol–water partition coefficient (Wildman–Crippen LogP) is 0.604. The van der Waals surface area contributed by atoms with Crippen LogP contribution in [0.2, 0.25) is 0 Å². The number of hydrogen-bond donors (Lipinski definition) is 1. The molecule has 1 unspecified atom stereocenters. The lowest BCUT2D eigenvalue weighted by atomic mass is 10.1. The summed E-state index contributed by atoms with van der Waals surface area (Å²) in [6.45, 7) is 3.51. The molecule has 0 aliphatic carbocycles. The zero-order valence-electron chi connectivity index (χ0n) is 9.21. The third-order valence-electron chi connectivity index (χ3n) is 2.11. The van der Waals surface area contributed by atoms with Crippen molar-refractivity contribution in [2.45, 2.75) is 19.8 Å². The minimum atomic E-state index is 0.00656. The van der Waals surface area contributed by atoms with Crippen LogP contribution in [0.15, 0.2) is 0 Å². The highest BCUT2D eigenvalue weighted by Gasteiger charge is 2.12. The Balaban J connectivity index is 3.66. The standard InChI is InChI=1S/C10H19N3O/c1-9(10(14)12-2)8-13(3)7-5-4-6-11/h9H,4-5,7-8H2,1-3H3,(H,12,14). The summed E-state index contributed by atoms with van der Waals surface area (Å²) in [5, 5.41) is 11.0. The van der Waals surface area contributed by atoms with Gasteiger partial charge >= 0.3 is 0 Å². The molecule has 0 saturated heterocycles. The van der Waals surface area contributed by atoms with Gasteiger partial charge in [0, 0.05) is 25.9 Å². The molecule has 1 atom stereocenters. The average Bonchev–Trinajstić information content (AvgIpc) is 2.16. The van der Waals surface area contributed by atoms with Gasteiger partial charge in [0.1, 0.15) is 0 Å². The van der Waals surface area contributed by atoms with Gasteiger partial charge in [-0.3, -0.25) is 4.79 Å². The van der Waals surface area contributed by atoms with E-state index in [0.717, 1.165) is 19.5 Å². The molecule has 0 aromatic heterocycles. The van der Waals surface area contributed by atoms with Gasteiger partial charge in [0.15, 0.2) is 0 Å². The fraction of sp³-hybridized carbons (Fsp3) is 0.800. The molecule has 1 N–H and O–H groups in total. The fourth-order valence-corrected chi connectivity index (χ4v) is 1.32. The van der Waals surface area contributed by atoms with Gasteiger partial charge in [0.2, 0.25) is 5.91 Å². The Kier molecular flexibility index (Phi) is 6.77. The van der Waals surface area contributed by atoms with E-state index in [2.05, 4.69) is 16.3 Å². The average molecular weight is 197 g/mol. The van der Waals surface area contributed by atoms with E-state index >= 15 is 0 Å². The quantitative estimate of drug-likeness (QED) is 0.634. The van der Waals surface area contributed by atoms with Crippen LogP contribution >= 0.6 is 0 Å². The third-order valence-corrected chi connectivity index (χ3v) is 2.11. The number of carbonyl (C=O) groups is 1. The van der Waals surface area contributed by atoms with Crippen LogP contribution in [0.4, 0.5) is 0 Å². The minimum absolute atomic E-state index is 0.00656. The van der Waals surface area contributed by atoms with Gasteiger partial charge in [-0.15, -0.1) is 0 Å². The lowest BCUT2D eigenvalue weighted by Crippen LogP contribution is -2.34. The number of nitrogens with one attached hydrogen (secondary N) is 1. The number of hydrogen-bond acceptors (Lipinski definition) is 3. The minimum Gasteiger partial charge on any atom is -0.359 e. The Hall–Kier alpha value is -1.08. The van der Waals surface area contributed by atoms with Crippen LogP contribution in [0.5, 0.6) is 0 Å². The topological polar surface area (TPSA) is 56.1 Å². The number of nitriles is 1. The maximum Gasteiger partial charge on any atom is 0.223 e. The molecule has 0 spiro atoms. The molecule has 0 radical (unpaired) electrons. The van der Waals surface area contributed by atoms with Crippen LogP contribution in [-0.2, 0) is 4.79 Å². The van der Waals surface area contributed by atoms with E-state index in [1.807, 2.05) is 14.0 Å². The van der Waals surface area contributed by atoms with Crippen molar-refractivity contribution in [3.63, 3.8) is 0 Å². The van der Waals surface area contributed by atoms with Gasteiger partial charge in [0.05, 0.1) is 6.07 Å². The molecule has 4 nitrogen and oxygen atoms in total. The van der Waals surface area contributed by atoms with Crippen LogP contribution in [0.25, 0.3) is 0 Å². The summed E-state index contributed by atoms with van der Waals surface area (Å²) < 4.78 is 0. The van der Waals surface area contributed by atoms with Crippen molar-refractivity contribution in [3.05, 3.63) is 0 Å². The first kappa shape index (κ1) is 12.9. The van der Waals surface area contributed by atoms with Crippen LogP contribution < -0.4 is 5.32 Å². The van der Waals surface area contributed by atoms with Crippen molar-refractivity contribution in [2.24, 2.45) is 5.92 Å². The number of nitrogens with zero attached hydrogens (tertiary/aromatic N) is 2. The molecule has 0 fully saturated rings. The summed E-state index contributed by atoms with van der Waals surface area (Å²) in [5.41, 5.74) is 0. The van der Waals surface area contributed by atoms with Gasteiger partial charge in [-0.25, -0.2) is 0 Å². The lowest BCUT2D eigenvalue weighted by Gasteiger charge is -2.19. The Morgan fingerprint density at radius 2 is 2.29 bits per heavy atom. The van der Waals surface area contributed by atoms with Crippen LogP contribution in [0.3, 0.4) is 0 Å². The maximum atomic E-state index is 11.2. The number of rotatable bonds is 6. The SMILES string of the molecule is CNC(=O)C(C)CN(C)CCCC#N. The van der Waals surface area contributed by atoms with Crippen molar-refractivity contribution in [1.82, 2.24) is 10.2 Å². The van der Waals surface area contributed by atoms with Crippen molar-refractivity contribution >= 4 is 5.91 Å². The van der Waals surface area contributed by atoms with Crippen LogP contribution in [0.1, 0.15) is 19.8 Å². The summed E-state index contributed by atoms with van der Waals surface area (Å²) in [5.74, 6) is 0.0734. The van der Waals surface area contributed by atoms with Crippen molar-refractivity contribution < 1.29 is 4.79 Å². The largest absolute Gasteiger partial charge is 0.359 e. The molecule has 0 aliphatic rings. The summed E-state index contributed by atoms with van der Waals surface area (Å²) in [6, 6.07) is 2.10. The highest BCUT2D eigenvalue weighted by atomic mass is 16.1. The molecule has 0 saturated carbocycles. The fourth-order valence-electron chi connectivity index (χ4n) is 1.32. The van der Waals surface area contributed by atoms with E-state index in [-0.39, 0.29) is 11.8 Å². The van der Waals surface area contributed by atoms with E-state index in [1.54, 1.807) is 7.05 Å². The molecule has 0 aromatic rings. The first-order chi connectivity index (χ1) is 6.61. The first-order valence-corrected chi connectivity index (χ1v) is 4.89. The Morgan fingerprint density at radius 3 is 2.79 bits per heavy atom. The Bertz CT molecular complexity index is 210. The molecule has 14 heavy (non-hydrogen) atoms. The van der Waals surface area contributed by atoms with E-state index < -0.39 is 0 Å². The highest BCUT2D eigenvalue weighted by molar-refractivity contribution is 5.78. The van der Waals surface area contributed by atoms with Gasteiger partial charge in [0.25, 0.3) is 0 Å². The van der Waals surface area contributed by atoms with Gasteiger partial charge in [-0.1, -0.05) is 6.92 Å². The summed E-state index contributed by atoms with van der Waals surface area (Å²) >= 11 is 0. The molecule has 1 amide bonds. The normalized spacial score (nSPS) is 12.2. The smallest absolute Gasteiger partial charge is 0.223 e. The van der Waals surface area contributed by atoms with E-state index in [0.29, 0.717) is 6.42 Å². The van der Waals surface area contributed by atoms with Gasteiger partial charge in [-0.05, 0) is 20.0 Å². The number of unbranched alkanes of at least 4 members (excludes halogenated alkanes) is 1. The molecule has 0 aromatic carbocycles. The van der Waals surface area contributed by atoms with Crippen molar-refractivity contribution in [1.29, 1.82) is 5.26 Å². The summed E-state index contributed by atoms with van der Waals surface area (Å²) in [7, 11) is 3.62. The third kappa shape index (κ3) is 5.55. The van der Waals surface area contributed by atoms with E-state index in [1.165, 1.54) is 0 Å². The van der Waals surface area contributed by atoms with Crippen LogP contribution in [-0.4, -0.2) is 38.0 Å². The number of amides is 1. The first-order valence-electron chi connectivity index (χ1n) is 4.89. The predicted molar refractivity (Wildman–Crippen MR) is 55.6 cm³/mol. The monoisotopic (exact) mass is 197 g/mol. The van der Waals surface area contributed by atoms with E-state index in [4.69, 9.17) is 5.26 Å². The highest BCUT2D eigenvalue weighted by Crippen LogP contribution is 1.99. The van der Waals surface area contributed by atoms with Crippen molar-refractivity contribution in [3.8, 4) is 6.07 Å². The second-order valence-electron chi connectivity index (χ2n) is 3.54. The molecule has 0 bridgehead atoms. The Labute approximate surface area is 85.9 Å². The maximum absolute atomic E-state index is 11.2. The zero-order chi connectivity index (χ0) is 11.0. The molecular formula is C10H19N3O. The van der Waals surface area contributed by atoms with Crippen LogP contribution in [0, 0.1) is 17.2 Å². The van der Waals surface area contributed by atoms with Crippen molar-refractivity contribution in [2.75, 3.05) is 27.2 Å². The molecule has 0 rings (SSSR count). The zero-order valence-corrected chi connectivity index (χ0v) is 9.21. The second kappa shape index (κ2) is 7.34. The number of carbonyl (C=O) groups excluding carboxylic acids is 1. The Morgan fingerprint density at radius 1 is 1.64 bits per heavy atom. The van der Waals surface area contributed by atoms with Gasteiger partial charge in [-0.2, -0.15) is 5.26 Å². The van der Waals surface area contributed by atoms with E-state index in [9.17, 15) is 4.79 Å². The van der Waals surface area contributed by atoms with Gasteiger partial charge < -0.3 is 10.2 Å². The summed E-state index contributed by atoms with van der Waals surface area (Å²) in [4.78, 5) is 13.3. The molecular weight excluding hydrogens is 178 g/mol. The molecule has 0 aliphatic heterocycles. The molecule has 0 heterocycles. The lowest BCUT2D eigenvalue weighted by molar-refractivity contribution is -0.124.